The van der Waals surface area contributed by atoms with Crippen molar-refractivity contribution in [2.45, 2.75) is 6.18 Å². The van der Waals surface area contributed by atoms with Gasteiger partial charge in [0, 0.05) is 16.6 Å². The molecule has 0 aliphatic heterocycles. The van der Waals surface area contributed by atoms with Crippen molar-refractivity contribution < 1.29 is 22.8 Å². The van der Waals surface area contributed by atoms with Gasteiger partial charge < -0.3 is 11.1 Å². The minimum absolute atomic E-state index is 0.0114. The third-order valence-corrected chi connectivity index (χ3v) is 4.81. The number of rotatable bonds is 3. The van der Waals surface area contributed by atoms with Gasteiger partial charge in [0.1, 0.15) is 5.82 Å². The summed E-state index contributed by atoms with van der Waals surface area (Å²) in [6, 6.07) is 19.4. The second-order valence-electron chi connectivity index (χ2n) is 6.82. The molecule has 0 fully saturated rings. The van der Waals surface area contributed by atoms with Gasteiger partial charge in [-0.2, -0.15) is 13.2 Å². The highest BCUT2D eigenvalue weighted by atomic mass is 19.4. The molecule has 0 spiro atoms. The predicted octanol–water partition coefficient (Wildman–Crippen LogP) is 5.18. The van der Waals surface area contributed by atoms with Gasteiger partial charge in [0.2, 0.25) is 0 Å². The summed E-state index contributed by atoms with van der Waals surface area (Å²) < 4.78 is 40.2. The fraction of sp³-hybridized carbons (Fsp3) is 0.0435. The number of nitrogens with zero attached hydrogens (tertiary/aromatic N) is 1. The second kappa shape index (κ2) is 7.64. The van der Waals surface area contributed by atoms with Gasteiger partial charge in [0.15, 0.2) is 0 Å². The van der Waals surface area contributed by atoms with Crippen molar-refractivity contribution in [2.75, 3.05) is 11.1 Å². The van der Waals surface area contributed by atoms with Crippen molar-refractivity contribution in [3.8, 4) is 0 Å². The summed E-state index contributed by atoms with van der Waals surface area (Å²) in [5.41, 5.74) is 6.09. The fourth-order valence-corrected chi connectivity index (χ4v) is 3.39. The molecule has 0 saturated carbocycles. The molecule has 8 heteroatoms. The van der Waals surface area contributed by atoms with Gasteiger partial charge in [-0.3, -0.25) is 14.2 Å². The number of carbonyl (C=O) groups excluding carboxylic acids is 2. The molecule has 156 valence electrons. The number of halogens is 3. The predicted molar refractivity (Wildman–Crippen MR) is 112 cm³/mol. The first-order valence-corrected chi connectivity index (χ1v) is 9.24. The lowest BCUT2D eigenvalue weighted by Crippen LogP contribution is -2.18. The zero-order chi connectivity index (χ0) is 22.2. The van der Waals surface area contributed by atoms with E-state index in [1.165, 1.54) is 16.7 Å². The number of nitrogen functional groups attached to an aromatic ring is 1. The lowest BCUT2D eigenvalue weighted by molar-refractivity contribution is -0.137. The molecule has 0 atom stereocenters. The van der Waals surface area contributed by atoms with Crippen LogP contribution in [-0.4, -0.2) is 16.4 Å². The third kappa shape index (κ3) is 3.75. The average Bonchev–Trinajstić information content (AvgIpc) is 3.05. The summed E-state index contributed by atoms with van der Waals surface area (Å²) in [6.07, 6.45) is -4.54. The van der Waals surface area contributed by atoms with Crippen LogP contribution in [0.15, 0.2) is 78.9 Å². The van der Waals surface area contributed by atoms with E-state index < -0.39 is 23.6 Å². The molecule has 0 radical (unpaired) electrons. The highest BCUT2D eigenvalue weighted by Crippen LogP contribution is 2.32. The first kappa shape index (κ1) is 20.2. The van der Waals surface area contributed by atoms with Crippen LogP contribution in [0.2, 0.25) is 0 Å². The molecule has 5 nitrogen and oxygen atoms in total. The number of para-hydroxylation sites is 1. The summed E-state index contributed by atoms with van der Waals surface area (Å²) >= 11 is 0. The molecule has 3 N–H and O–H groups in total. The summed E-state index contributed by atoms with van der Waals surface area (Å²) in [4.78, 5) is 26.0. The number of nitrogens with one attached hydrogen (secondary N) is 1. The number of benzene rings is 3. The van der Waals surface area contributed by atoms with Crippen LogP contribution < -0.4 is 11.1 Å². The number of fused-ring (bicyclic) bond motifs is 1. The molecule has 4 rings (SSSR count). The van der Waals surface area contributed by atoms with E-state index in [0.29, 0.717) is 16.5 Å². The monoisotopic (exact) mass is 423 g/mol. The van der Waals surface area contributed by atoms with E-state index >= 15 is 0 Å². The summed E-state index contributed by atoms with van der Waals surface area (Å²) in [5, 5.41) is 2.86. The second-order valence-corrected chi connectivity index (χ2v) is 6.82. The largest absolute Gasteiger partial charge is 0.416 e. The van der Waals surface area contributed by atoms with Gasteiger partial charge in [0.25, 0.3) is 11.8 Å². The van der Waals surface area contributed by atoms with Crippen LogP contribution in [0.1, 0.15) is 26.3 Å². The number of nitrogens with two attached hydrogens (primary N) is 1. The minimum Gasteiger partial charge on any atom is -0.384 e. The van der Waals surface area contributed by atoms with Crippen LogP contribution in [0.3, 0.4) is 0 Å². The Morgan fingerprint density at radius 1 is 0.871 bits per heavy atom. The van der Waals surface area contributed by atoms with E-state index in [-0.39, 0.29) is 17.1 Å². The van der Waals surface area contributed by atoms with Crippen LogP contribution in [0.4, 0.5) is 24.7 Å². The van der Waals surface area contributed by atoms with Crippen molar-refractivity contribution in [1.82, 2.24) is 4.57 Å². The molecule has 1 heterocycles. The van der Waals surface area contributed by atoms with Crippen molar-refractivity contribution in [2.24, 2.45) is 0 Å². The number of carbonyl (C=O) groups is 2. The van der Waals surface area contributed by atoms with E-state index in [2.05, 4.69) is 5.32 Å². The molecule has 4 aromatic rings. The van der Waals surface area contributed by atoms with E-state index in [0.717, 1.165) is 12.1 Å². The van der Waals surface area contributed by atoms with E-state index in [1.807, 2.05) is 0 Å². The minimum atomic E-state index is -4.54. The Hall–Kier alpha value is -4.07. The van der Waals surface area contributed by atoms with Gasteiger partial charge in [-0.25, -0.2) is 0 Å². The van der Waals surface area contributed by atoms with Gasteiger partial charge >= 0.3 is 6.18 Å². The molecule has 0 bridgehead atoms. The van der Waals surface area contributed by atoms with Crippen molar-refractivity contribution in [3.63, 3.8) is 0 Å². The topological polar surface area (TPSA) is 77.1 Å². The first-order valence-electron chi connectivity index (χ1n) is 9.24. The highest BCUT2D eigenvalue weighted by molar-refractivity contribution is 6.19. The van der Waals surface area contributed by atoms with Gasteiger partial charge in [-0.1, -0.05) is 42.5 Å². The molecule has 0 aliphatic rings. The number of hydrogen-bond acceptors (Lipinski definition) is 3. The highest BCUT2D eigenvalue weighted by Gasteiger charge is 2.31. The zero-order valence-corrected chi connectivity index (χ0v) is 16.0. The first-order chi connectivity index (χ1) is 14.8. The van der Waals surface area contributed by atoms with Gasteiger partial charge in [-0.05, 0) is 36.4 Å². The van der Waals surface area contributed by atoms with Crippen LogP contribution in [-0.2, 0) is 6.18 Å². The SMILES string of the molecule is Nc1c(C(=O)Nc2cccc(C(F)(F)F)c2)c2ccccc2n1C(=O)c1ccccc1. The van der Waals surface area contributed by atoms with E-state index in [1.54, 1.807) is 54.6 Å². The summed E-state index contributed by atoms with van der Waals surface area (Å²) in [6.45, 7) is 0. The van der Waals surface area contributed by atoms with Crippen LogP contribution in [0, 0.1) is 0 Å². The standard InChI is InChI=1S/C23H16F3N3O2/c24-23(25,26)15-9-6-10-16(13-15)28-21(30)19-17-11-4-5-12-18(17)29(20(19)27)22(31)14-7-2-1-3-8-14/h1-13H,27H2,(H,28,30). The van der Waals surface area contributed by atoms with Crippen molar-refractivity contribution in [3.05, 3.63) is 95.6 Å². The number of aromatic nitrogens is 1. The molecule has 1 aromatic heterocycles. The Morgan fingerprint density at radius 2 is 1.55 bits per heavy atom. The molecule has 3 aromatic carbocycles. The number of hydrogen-bond donors (Lipinski definition) is 2. The zero-order valence-electron chi connectivity index (χ0n) is 16.0. The molecule has 0 aliphatic carbocycles. The lowest BCUT2D eigenvalue weighted by Gasteiger charge is -2.10. The quantitative estimate of drug-likeness (QED) is 0.477. The Labute approximate surface area is 174 Å². The summed E-state index contributed by atoms with van der Waals surface area (Å²) in [7, 11) is 0. The van der Waals surface area contributed by atoms with E-state index in [9.17, 15) is 22.8 Å². The number of amides is 1. The molecule has 31 heavy (non-hydrogen) atoms. The summed E-state index contributed by atoms with van der Waals surface area (Å²) in [5.74, 6) is -1.24. The Morgan fingerprint density at radius 3 is 2.26 bits per heavy atom. The third-order valence-electron chi connectivity index (χ3n) is 4.81. The van der Waals surface area contributed by atoms with E-state index in [4.69, 9.17) is 5.73 Å². The molecule has 0 saturated heterocycles. The number of alkyl halides is 3. The number of anilines is 2. The van der Waals surface area contributed by atoms with Crippen molar-refractivity contribution >= 4 is 34.2 Å². The Balaban J connectivity index is 1.78. The Kier molecular flexibility index (Phi) is 4.98. The molecular formula is C23H16F3N3O2. The smallest absolute Gasteiger partial charge is 0.384 e. The normalized spacial score (nSPS) is 11.5. The van der Waals surface area contributed by atoms with Crippen LogP contribution >= 0.6 is 0 Å². The lowest BCUT2D eigenvalue weighted by atomic mass is 10.1. The Bertz CT molecular complexity index is 1290. The maximum absolute atomic E-state index is 13.1. The molecular weight excluding hydrogens is 407 g/mol. The maximum Gasteiger partial charge on any atom is 0.416 e. The fourth-order valence-electron chi connectivity index (χ4n) is 3.39. The maximum atomic E-state index is 13.1. The van der Waals surface area contributed by atoms with Gasteiger partial charge in [-0.15, -0.1) is 0 Å². The average molecular weight is 423 g/mol. The van der Waals surface area contributed by atoms with Crippen LogP contribution in [0.5, 0.6) is 0 Å². The van der Waals surface area contributed by atoms with Crippen LogP contribution in [0.25, 0.3) is 10.9 Å². The van der Waals surface area contributed by atoms with Crippen molar-refractivity contribution in [1.29, 1.82) is 0 Å². The molecule has 0 unspecified atom stereocenters. The van der Waals surface area contributed by atoms with Gasteiger partial charge in [0.05, 0.1) is 16.6 Å². The molecule has 1 amide bonds.